The summed E-state index contributed by atoms with van der Waals surface area (Å²) in [5.74, 6) is 1.02. The van der Waals surface area contributed by atoms with Gasteiger partial charge in [-0.1, -0.05) is 0 Å². The van der Waals surface area contributed by atoms with Gasteiger partial charge in [-0.15, -0.1) is 12.4 Å². The van der Waals surface area contributed by atoms with Crippen molar-refractivity contribution in [3.8, 4) is 0 Å². The van der Waals surface area contributed by atoms with Gasteiger partial charge in [0.15, 0.2) is 0 Å². The van der Waals surface area contributed by atoms with Crippen LogP contribution in [0.15, 0.2) is 0 Å². The van der Waals surface area contributed by atoms with Crippen LogP contribution < -0.4 is 10.0 Å². The molecule has 2 fully saturated rings. The highest BCUT2D eigenvalue weighted by molar-refractivity contribution is 7.89. The second-order valence-corrected chi connectivity index (χ2v) is 7.26. The normalized spacial score (nSPS) is 28.0. The van der Waals surface area contributed by atoms with E-state index in [0.717, 1.165) is 25.9 Å². The monoisotopic (exact) mass is 312 g/mol. The van der Waals surface area contributed by atoms with Crippen molar-refractivity contribution in [1.82, 2.24) is 10.0 Å². The molecule has 2 aliphatic heterocycles. The zero-order valence-electron chi connectivity index (χ0n) is 11.3. The quantitative estimate of drug-likeness (QED) is 0.759. The molecular formula is C12H25ClN2O3S. The molecule has 0 radical (unpaired) electrons. The van der Waals surface area contributed by atoms with Crippen LogP contribution in [-0.4, -0.2) is 47.0 Å². The molecule has 2 aliphatic rings. The van der Waals surface area contributed by atoms with Gasteiger partial charge in [0, 0.05) is 13.2 Å². The average Bonchev–Trinajstić information content (AvgIpc) is 2.82. The molecule has 0 aliphatic carbocycles. The van der Waals surface area contributed by atoms with Gasteiger partial charge in [0.05, 0.1) is 12.4 Å². The van der Waals surface area contributed by atoms with Crippen molar-refractivity contribution in [2.75, 3.05) is 38.6 Å². The molecule has 0 aromatic heterocycles. The maximum absolute atomic E-state index is 11.8. The van der Waals surface area contributed by atoms with Crippen molar-refractivity contribution in [3.63, 3.8) is 0 Å². The zero-order chi connectivity index (χ0) is 12.8. The van der Waals surface area contributed by atoms with Gasteiger partial charge in [-0.05, 0) is 50.6 Å². The summed E-state index contributed by atoms with van der Waals surface area (Å²) in [6.45, 7) is 3.99. The van der Waals surface area contributed by atoms with E-state index in [9.17, 15) is 8.42 Å². The maximum atomic E-state index is 11.8. The van der Waals surface area contributed by atoms with Gasteiger partial charge in [0.25, 0.3) is 0 Å². The number of halogens is 1. The highest BCUT2D eigenvalue weighted by Gasteiger charge is 2.23. The van der Waals surface area contributed by atoms with Crippen LogP contribution in [0.25, 0.3) is 0 Å². The Morgan fingerprint density at radius 2 is 2.11 bits per heavy atom. The van der Waals surface area contributed by atoms with Gasteiger partial charge in [-0.3, -0.25) is 0 Å². The summed E-state index contributed by atoms with van der Waals surface area (Å²) >= 11 is 0. The lowest BCUT2D eigenvalue weighted by Gasteiger charge is -2.22. The minimum Gasteiger partial charge on any atom is -0.381 e. The molecule has 2 heterocycles. The minimum atomic E-state index is -3.12. The molecule has 2 rings (SSSR count). The Kier molecular flexibility index (Phi) is 7.61. The van der Waals surface area contributed by atoms with Gasteiger partial charge in [0.1, 0.15) is 0 Å². The highest BCUT2D eigenvalue weighted by atomic mass is 35.5. The first kappa shape index (κ1) is 17.2. The van der Waals surface area contributed by atoms with Gasteiger partial charge < -0.3 is 10.1 Å². The Morgan fingerprint density at radius 3 is 2.74 bits per heavy atom. The van der Waals surface area contributed by atoms with Crippen LogP contribution in [0.4, 0.5) is 0 Å². The van der Waals surface area contributed by atoms with Crippen LogP contribution in [0.1, 0.15) is 25.7 Å². The smallest absolute Gasteiger partial charge is 0.211 e. The molecule has 19 heavy (non-hydrogen) atoms. The van der Waals surface area contributed by atoms with Crippen molar-refractivity contribution in [1.29, 1.82) is 0 Å². The molecule has 0 saturated carbocycles. The lowest BCUT2D eigenvalue weighted by atomic mass is 9.96. The standard InChI is InChI=1S/C12H24N2O3S.ClH/c15-18(16,10-12-4-7-17-9-12)14-6-3-11-2-1-5-13-8-11;/h11-14H,1-10H2;1H. The summed E-state index contributed by atoms with van der Waals surface area (Å²) < 4.78 is 31.6. The predicted octanol–water partition coefficient (Wildman–Crippen LogP) is 0.754. The third-order valence-electron chi connectivity index (χ3n) is 3.75. The predicted molar refractivity (Wildman–Crippen MR) is 78.2 cm³/mol. The first-order valence-corrected chi connectivity index (χ1v) is 8.57. The summed E-state index contributed by atoms with van der Waals surface area (Å²) in [6, 6.07) is 0. The second-order valence-electron chi connectivity index (χ2n) is 5.41. The molecule has 0 aromatic rings. The number of sulfonamides is 1. The van der Waals surface area contributed by atoms with E-state index in [1.807, 2.05) is 0 Å². The fraction of sp³-hybridized carbons (Fsp3) is 1.00. The van der Waals surface area contributed by atoms with Crippen molar-refractivity contribution < 1.29 is 13.2 Å². The fourth-order valence-corrected chi connectivity index (χ4v) is 4.10. The van der Waals surface area contributed by atoms with Crippen LogP contribution in [0.2, 0.25) is 0 Å². The van der Waals surface area contributed by atoms with E-state index in [1.165, 1.54) is 12.8 Å². The van der Waals surface area contributed by atoms with E-state index in [2.05, 4.69) is 10.0 Å². The first-order valence-electron chi connectivity index (χ1n) is 6.91. The van der Waals surface area contributed by atoms with Crippen LogP contribution in [0.3, 0.4) is 0 Å². The van der Waals surface area contributed by atoms with Crippen LogP contribution >= 0.6 is 12.4 Å². The Hall–Kier alpha value is 0.120. The number of nitrogens with one attached hydrogen (secondary N) is 2. The molecule has 114 valence electrons. The molecule has 5 nitrogen and oxygen atoms in total. The minimum absolute atomic E-state index is 0. The molecule has 2 unspecified atom stereocenters. The Balaban J connectivity index is 0.00000180. The largest absolute Gasteiger partial charge is 0.381 e. The molecular weight excluding hydrogens is 288 g/mol. The molecule has 0 spiro atoms. The van der Waals surface area contributed by atoms with E-state index >= 15 is 0 Å². The van der Waals surface area contributed by atoms with Gasteiger partial charge in [0.2, 0.25) is 10.0 Å². The summed E-state index contributed by atoms with van der Waals surface area (Å²) in [4.78, 5) is 0. The number of rotatable bonds is 6. The van der Waals surface area contributed by atoms with Crippen LogP contribution in [-0.2, 0) is 14.8 Å². The van der Waals surface area contributed by atoms with E-state index in [4.69, 9.17) is 4.74 Å². The van der Waals surface area contributed by atoms with Crippen molar-refractivity contribution in [2.24, 2.45) is 11.8 Å². The summed E-state index contributed by atoms with van der Waals surface area (Å²) in [5.41, 5.74) is 0. The van der Waals surface area contributed by atoms with Crippen molar-refractivity contribution >= 4 is 22.4 Å². The third kappa shape index (κ3) is 6.40. The lowest BCUT2D eigenvalue weighted by Crippen LogP contribution is -2.35. The highest BCUT2D eigenvalue weighted by Crippen LogP contribution is 2.15. The second kappa shape index (κ2) is 8.42. The van der Waals surface area contributed by atoms with Gasteiger partial charge in [-0.2, -0.15) is 0 Å². The molecule has 2 N–H and O–H groups in total. The fourth-order valence-electron chi connectivity index (χ4n) is 2.67. The average molecular weight is 313 g/mol. The number of ether oxygens (including phenoxy) is 1. The number of piperidine rings is 1. The summed E-state index contributed by atoms with van der Waals surface area (Å²) in [7, 11) is -3.12. The van der Waals surface area contributed by atoms with Crippen molar-refractivity contribution in [2.45, 2.75) is 25.7 Å². The van der Waals surface area contributed by atoms with Gasteiger partial charge >= 0.3 is 0 Å². The third-order valence-corrected chi connectivity index (χ3v) is 5.31. The van der Waals surface area contributed by atoms with Crippen LogP contribution in [0, 0.1) is 11.8 Å². The molecule has 2 atom stereocenters. The Labute approximate surface area is 122 Å². The summed E-state index contributed by atoms with van der Waals surface area (Å²) in [6.07, 6.45) is 4.23. The van der Waals surface area contributed by atoms with Gasteiger partial charge in [-0.25, -0.2) is 13.1 Å². The molecule has 2 saturated heterocycles. The van der Waals surface area contributed by atoms with E-state index in [1.54, 1.807) is 0 Å². The molecule has 0 bridgehead atoms. The molecule has 0 amide bonds. The van der Waals surface area contributed by atoms with E-state index in [-0.39, 0.29) is 24.1 Å². The molecule has 0 aromatic carbocycles. The van der Waals surface area contributed by atoms with Crippen molar-refractivity contribution in [3.05, 3.63) is 0 Å². The molecule has 7 heteroatoms. The maximum Gasteiger partial charge on any atom is 0.211 e. The lowest BCUT2D eigenvalue weighted by molar-refractivity contribution is 0.188. The Morgan fingerprint density at radius 1 is 1.26 bits per heavy atom. The van der Waals surface area contributed by atoms with E-state index in [0.29, 0.717) is 25.7 Å². The van der Waals surface area contributed by atoms with E-state index < -0.39 is 10.0 Å². The number of hydrogen-bond donors (Lipinski definition) is 2. The first-order chi connectivity index (χ1) is 8.66. The topological polar surface area (TPSA) is 67.4 Å². The summed E-state index contributed by atoms with van der Waals surface area (Å²) in [5, 5.41) is 3.35. The zero-order valence-corrected chi connectivity index (χ0v) is 12.9. The number of hydrogen-bond acceptors (Lipinski definition) is 4. The Bertz CT molecular complexity index is 339. The SMILES string of the molecule is Cl.O=S(=O)(CC1CCOC1)NCCC1CCCNC1. The van der Waals surface area contributed by atoms with Crippen LogP contribution in [0.5, 0.6) is 0 Å².